The number of methoxy groups -OCH3 is 1. The van der Waals surface area contributed by atoms with Crippen LogP contribution in [-0.4, -0.2) is 54.7 Å². The zero-order chi connectivity index (χ0) is 17.1. The molecule has 2 atom stereocenters. The average molecular weight is 332 g/mol. The third kappa shape index (κ3) is 3.38. The van der Waals surface area contributed by atoms with Crippen LogP contribution in [0.15, 0.2) is 18.2 Å². The van der Waals surface area contributed by atoms with E-state index in [1.165, 1.54) is 11.1 Å². The molecule has 2 N–H and O–H groups in total. The molecule has 0 aliphatic carbocycles. The molecule has 6 nitrogen and oxygen atoms in total. The summed E-state index contributed by atoms with van der Waals surface area (Å²) in [5.41, 5.74) is 2.44. The van der Waals surface area contributed by atoms with Gasteiger partial charge in [-0.15, -0.1) is 0 Å². The number of fused-ring (bicyclic) bond motifs is 1. The molecule has 1 saturated heterocycles. The second-order valence-electron chi connectivity index (χ2n) is 6.50. The van der Waals surface area contributed by atoms with Crippen molar-refractivity contribution in [1.82, 2.24) is 10.2 Å². The van der Waals surface area contributed by atoms with E-state index in [0.717, 1.165) is 18.6 Å². The van der Waals surface area contributed by atoms with E-state index in [1.807, 2.05) is 17.0 Å². The van der Waals surface area contributed by atoms with Crippen LogP contribution in [0.3, 0.4) is 0 Å². The molecule has 24 heavy (non-hydrogen) atoms. The number of benzene rings is 1. The van der Waals surface area contributed by atoms with Crippen LogP contribution in [0.4, 0.5) is 0 Å². The van der Waals surface area contributed by atoms with Crippen LogP contribution in [0.2, 0.25) is 0 Å². The van der Waals surface area contributed by atoms with Crippen molar-refractivity contribution in [3.8, 4) is 5.75 Å². The van der Waals surface area contributed by atoms with Crippen LogP contribution in [0.25, 0.3) is 0 Å². The van der Waals surface area contributed by atoms with E-state index in [0.29, 0.717) is 32.5 Å². The maximum atomic E-state index is 12.8. The zero-order valence-electron chi connectivity index (χ0n) is 14.0. The molecule has 0 radical (unpaired) electrons. The first-order chi connectivity index (χ1) is 11.6. The van der Waals surface area contributed by atoms with Gasteiger partial charge in [-0.3, -0.25) is 9.59 Å². The molecular weight excluding hydrogens is 308 g/mol. The van der Waals surface area contributed by atoms with Gasteiger partial charge in [0.05, 0.1) is 13.0 Å². The summed E-state index contributed by atoms with van der Waals surface area (Å²) in [6.45, 7) is 1.84. The minimum absolute atomic E-state index is 0.122. The smallest absolute Gasteiger partial charge is 0.320 e. The number of carbonyl (C=O) groups excluding carboxylic acids is 1. The van der Waals surface area contributed by atoms with Crippen LogP contribution in [0.1, 0.15) is 24.0 Å². The average Bonchev–Trinajstić information content (AvgIpc) is 2.83. The molecule has 0 saturated carbocycles. The van der Waals surface area contributed by atoms with Crippen LogP contribution in [0, 0.1) is 5.92 Å². The van der Waals surface area contributed by atoms with Crippen molar-refractivity contribution in [1.29, 1.82) is 0 Å². The number of ether oxygens (including phenoxy) is 1. The number of carboxylic acids is 1. The molecule has 0 aromatic heterocycles. The van der Waals surface area contributed by atoms with Crippen molar-refractivity contribution in [2.24, 2.45) is 5.92 Å². The Hall–Kier alpha value is -2.08. The van der Waals surface area contributed by atoms with Crippen molar-refractivity contribution in [3.05, 3.63) is 29.3 Å². The van der Waals surface area contributed by atoms with E-state index in [2.05, 4.69) is 11.4 Å². The van der Waals surface area contributed by atoms with E-state index in [-0.39, 0.29) is 11.8 Å². The van der Waals surface area contributed by atoms with Gasteiger partial charge in [0.1, 0.15) is 11.8 Å². The van der Waals surface area contributed by atoms with Gasteiger partial charge in [-0.05, 0) is 42.9 Å². The summed E-state index contributed by atoms with van der Waals surface area (Å²) in [6, 6.07) is 5.54. The summed E-state index contributed by atoms with van der Waals surface area (Å²) in [6.07, 6.45) is 2.77. The number of rotatable bonds is 3. The lowest BCUT2D eigenvalue weighted by molar-refractivity contribution is -0.143. The van der Waals surface area contributed by atoms with Crippen LogP contribution in [-0.2, 0) is 22.4 Å². The molecule has 3 rings (SSSR count). The molecule has 2 aliphatic rings. The van der Waals surface area contributed by atoms with E-state index in [9.17, 15) is 9.59 Å². The SMILES string of the molecule is COc1cccc2c1CCN(C(=O)C1CCC(C(=O)O)NC1)CC2. The van der Waals surface area contributed by atoms with Crippen LogP contribution in [0.5, 0.6) is 5.75 Å². The Labute approximate surface area is 141 Å². The number of nitrogens with zero attached hydrogens (tertiary/aromatic N) is 1. The van der Waals surface area contributed by atoms with Gasteiger partial charge in [0, 0.05) is 19.6 Å². The topological polar surface area (TPSA) is 78.9 Å². The van der Waals surface area contributed by atoms with Crippen molar-refractivity contribution < 1.29 is 19.4 Å². The molecule has 0 bridgehead atoms. The molecule has 2 aliphatic heterocycles. The highest BCUT2D eigenvalue weighted by Crippen LogP contribution is 2.27. The molecular formula is C18H24N2O4. The van der Waals surface area contributed by atoms with Crippen molar-refractivity contribution >= 4 is 11.9 Å². The summed E-state index contributed by atoms with van der Waals surface area (Å²) in [4.78, 5) is 25.7. The Kier molecular flexibility index (Phi) is 5.04. The number of hydrogen-bond donors (Lipinski definition) is 2. The van der Waals surface area contributed by atoms with Gasteiger partial charge in [0.2, 0.25) is 5.91 Å². The number of amides is 1. The molecule has 1 amide bonds. The summed E-state index contributed by atoms with van der Waals surface area (Å²) < 4.78 is 5.45. The molecule has 1 aromatic carbocycles. The molecule has 6 heteroatoms. The zero-order valence-corrected chi connectivity index (χ0v) is 14.0. The van der Waals surface area contributed by atoms with Crippen molar-refractivity contribution in [2.45, 2.75) is 31.7 Å². The maximum Gasteiger partial charge on any atom is 0.320 e. The number of carbonyl (C=O) groups is 2. The lowest BCUT2D eigenvalue weighted by Crippen LogP contribution is -2.49. The van der Waals surface area contributed by atoms with Crippen LogP contribution < -0.4 is 10.1 Å². The first kappa shape index (κ1) is 16.8. The Morgan fingerprint density at radius 3 is 2.71 bits per heavy atom. The molecule has 1 aromatic rings. The van der Waals surface area contributed by atoms with Gasteiger partial charge in [-0.2, -0.15) is 0 Å². The Bertz CT molecular complexity index is 623. The fraction of sp³-hybridized carbons (Fsp3) is 0.556. The van der Waals surface area contributed by atoms with Gasteiger partial charge in [0.15, 0.2) is 0 Å². The second kappa shape index (κ2) is 7.21. The largest absolute Gasteiger partial charge is 0.496 e. The number of aliphatic carboxylic acids is 1. The van der Waals surface area contributed by atoms with E-state index >= 15 is 0 Å². The predicted octanol–water partition coefficient (Wildman–Crippen LogP) is 1.08. The highest BCUT2D eigenvalue weighted by atomic mass is 16.5. The van der Waals surface area contributed by atoms with Crippen molar-refractivity contribution in [3.63, 3.8) is 0 Å². The molecule has 2 unspecified atom stereocenters. The van der Waals surface area contributed by atoms with E-state index < -0.39 is 12.0 Å². The third-order valence-electron chi connectivity index (χ3n) is 5.11. The minimum Gasteiger partial charge on any atom is -0.496 e. The predicted molar refractivity (Wildman–Crippen MR) is 89.1 cm³/mol. The monoisotopic (exact) mass is 332 g/mol. The lowest BCUT2D eigenvalue weighted by Gasteiger charge is -2.31. The van der Waals surface area contributed by atoms with Crippen molar-refractivity contribution in [2.75, 3.05) is 26.7 Å². The minimum atomic E-state index is -0.835. The lowest BCUT2D eigenvalue weighted by atomic mass is 9.93. The highest BCUT2D eigenvalue weighted by molar-refractivity contribution is 5.80. The van der Waals surface area contributed by atoms with E-state index in [4.69, 9.17) is 9.84 Å². The first-order valence-electron chi connectivity index (χ1n) is 8.50. The molecule has 0 spiro atoms. The van der Waals surface area contributed by atoms with Gasteiger partial charge in [-0.1, -0.05) is 12.1 Å². The number of hydrogen-bond acceptors (Lipinski definition) is 4. The van der Waals surface area contributed by atoms with E-state index in [1.54, 1.807) is 7.11 Å². The molecule has 1 fully saturated rings. The first-order valence-corrected chi connectivity index (χ1v) is 8.50. The number of carboxylic acid groups (broad SMARTS) is 1. The summed E-state index contributed by atoms with van der Waals surface area (Å²) >= 11 is 0. The van der Waals surface area contributed by atoms with Crippen LogP contribution >= 0.6 is 0 Å². The highest BCUT2D eigenvalue weighted by Gasteiger charge is 2.32. The normalized spacial score (nSPS) is 24.0. The summed E-state index contributed by atoms with van der Waals surface area (Å²) in [7, 11) is 1.68. The summed E-state index contributed by atoms with van der Waals surface area (Å²) in [5, 5.41) is 12.0. The number of nitrogens with one attached hydrogen (secondary N) is 1. The molecule has 130 valence electrons. The van der Waals surface area contributed by atoms with Gasteiger partial charge in [0.25, 0.3) is 0 Å². The Morgan fingerprint density at radius 1 is 1.25 bits per heavy atom. The quantitative estimate of drug-likeness (QED) is 0.866. The standard InChI is InChI=1S/C18H24N2O4/c1-24-16-4-2-3-12-7-9-20(10-8-14(12)16)17(21)13-5-6-15(18(22)23)19-11-13/h2-4,13,15,19H,5-11H2,1H3,(H,22,23). The fourth-order valence-electron chi connectivity index (χ4n) is 3.69. The number of piperidine rings is 1. The molecule has 2 heterocycles. The van der Waals surface area contributed by atoms with Gasteiger partial charge < -0.3 is 20.1 Å². The second-order valence-corrected chi connectivity index (χ2v) is 6.50. The fourth-order valence-corrected chi connectivity index (χ4v) is 3.69. The summed E-state index contributed by atoms with van der Waals surface area (Å²) in [5.74, 6) is 0.0745. The Morgan fingerprint density at radius 2 is 2.04 bits per heavy atom. The van der Waals surface area contributed by atoms with Gasteiger partial charge in [-0.25, -0.2) is 0 Å². The third-order valence-corrected chi connectivity index (χ3v) is 5.11. The Balaban J connectivity index is 1.63. The van der Waals surface area contributed by atoms with Gasteiger partial charge >= 0.3 is 5.97 Å². The maximum absolute atomic E-state index is 12.8.